The highest BCUT2D eigenvalue weighted by molar-refractivity contribution is 5.53. The summed E-state index contributed by atoms with van der Waals surface area (Å²) >= 11 is 0. The average molecular weight is 190 g/mol. The molecule has 1 heteroatoms. The zero-order valence-electron chi connectivity index (χ0n) is 8.78. The van der Waals surface area contributed by atoms with Crippen LogP contribution in [0.25, 0.3) is 0 Å². The predicted molar refractivity (Wildman–Crippen MR) is 59.2 cm³/mol. The fourth-order valence-corrected chi connectivity index (χ4v) is 1.65. The number of hydrogen-bond donors (Lipinski definition) is 0. The van der Waals surface area contributed by atoms with Crippen LogP contribution in [-0.2, 0) is 11.2 Å². The Bertz CT molecular complexity index is 253. The highest BCUT2D eigenvalue weighted by atomic mass is 16.1. The molecule has 0 aliphatic rings. The van der Waals surface area contributed by atoms with Crippen LogP contribution < -0.4 is 0 Å². The molecule has 0 aliphatic carbocycles. The number of carbonyl (C=O) groups excluding carboxylic acids is 1. The molecule has 1 rings (SSSR count). The molecule has 1 nitrogen and oxygen atoms in total. The lowest BCUT2D eigenvalue weighted by Crippen LogP contribution is -2.03. The summed E-state index contributed by atoms with van der Waals surface area (Å²) in [6, 6.07) is 10.4. The van der Waals surface area contributed by atoms with Gasteiger partial charge in [0.25, 0.3) is 0 Å². The van der Waals surface area contributed by atoms with Gasteiger partial charge in [0.15, 0.2) is 0 Å². The molecule has 76 valence electrons. The molecule has 0 radical (unpaired) electrons. The molecule has 0 saturated heterocycles. The van der Waals surface area contributed by atoms with E-state index in [1.165, 1.54) is 5.56 Å². The minimum Gasteiger partial charge on any atom is -0.303 e. The number of carbonyl (C=O) groups is 1. The Hall–Kier alpha value is -1.11. The third kappa shape index (κ3) is 3.73. The standard InChI is InChI=1S/C13H18O/c1-2-6-13(11-14)10-9-12-7-4-3-5-8-12/h3-5,7-8,11,13H,2,6,9-10H2,1H3. The minimum absolute atomic E-state index is 0.250. The van der Waals surface area contributed by atoms with Crippen molar-refractivity contribution < 1.29 is 4.79 Å². The first-order chi connectivity index (χ1) is 6.86. The van der Waals surface area contributed by atoms with Gasteiger partial charge in [-0.25, -0.2) is 0 Å². The Labute approximate surface area is 86.1 Å². The van der Waals surface area contributed by atoms with E-state index in [1.807, 2.05) is 18.2 Å². The molecular formula is C13H18O. The molecule has 0 saturated carbocycles. The maximum absolute atomic E-state index is 10.7. The molecule has 1 aromatic carbocycles. The number of hydrogen-bond acceptors (Lipinski definition) is 1. The second kappa shape index (κ2) is 6.36. The minimum atomic E-state index is 0.250. The molecule has 0 spiro atoms. The molecule has 0 heterocycles. The molecule has 0 aromatic heterocycles. The van der Waals surface area contributed by atoms with E-state index in [0.29, 0.717) is 0 Å². The van der Waals surface area contributed by atoms with Gasteiger partial charge in [0.1, 0.15) is 6.29 Å². The van der Waals surface area contributed by atoms with Crippen LogP contribution >= 0.6 is 0 Å². The predicted octanol–water partition coefficient (Wildman–Crippen LogP) is 3.23. The van der Waals surface area contributed by atoms with Crippen LogP contribution in [0.5, 0.6) is 0 Å². The van der Waals surface area contributed by atoms with E-state index < -0.39 is 0 Å². The summed E-state index contributed by atoms with van der Waals surface area (Å²) in [4.78, 5) is 10.7. The number of rotatable bonds is 6. The van der Waals surface area contributed by atoms with Crippen molar-refractivity contribution in [2.75, 3.05) is 0 Å². The molecule has 1 aromatic rings. The average Bonchev–Trinajstić information content (AvgIpc) is 2.25. The van der Waals surface area contributed by atoms with Gasteiger partial charge in [-0.1, -0.05) is 43.7 Å². The van der Waals surface area contributed by atoms with Gasteiger partial charge in [0.05, 0.1) is 0 Å². The van der Waals surface area contributed by atoms with Crippen molar-refractivity contribution in [2.45, 2.75) is 32.6 Å². The lowest BCUT2D eigenvalue weighted by atomic mass is 9.97. The van der Waals surface area contributed by atoms with Crippen molar-refractivity contribution in [1.82, 2.24) is 0 Å². The van der Waals surface area contributed by atoms with Crippen molar-refractivity contribution in [1.29, 1.82) is 0 Å². The summed E-state index contributed by atoms with van der Waals surface area (Å²) in [5, 5.41) is 0. The van der Waals surface area contributed by atoms with Crippen molar-refractivity contribution in [3.63, 3.8) is 0 Å². The highest BCUT2D eigenvalue weighted by Gasteiger charge is 2.05. The molecule has 0 aliphatic heterocycles. The number of benzene rings is 1. The van der Waals surface area contributed by atoms with E-state index in [2.05, 4.69) is 19.1 Å². The topological polar surface area (TPSA) is 17.1 Å². The van der Waals surface area contributed by atoms with Crippen LogP contribution in [0, 0.1) is 5.92 Å². The fraction of sp³-hybridized carbons (Fsp3) is 0.462. The Morgan fingerprint density at radius 1 is 1.21 bits per heavy atom. The lowest BCUT2D eigenvalue weighted by Gasteiger charge is -2.07. The van der Waals surface area contributed by atoms with Crippen LogP contribution in [0.15, 0.2) is 30.3 Å². The van der Waals surface area contributed by atoms with Crippen molar-refractivity contribution >= 4 is 6.29 Å². The van der Waals surface area contributed by atoms with E-state index in [-0.39, 0.29) is 5.92 Å². The third-order valence-electron chi connectivity index (χ3n) is 2.50. The SMILES string of the molecule is CCCC(C=O)CCc1ccccc1. The fourth-order valence-electron chi connectivity index (χ4n) is 1.65. The number of aryl methyl sites for hydroxylation is 1. The molecule has 0 bridgehead atoms. The molecule has 1 atom stereocenters. The Balaban J connectivity index is 2.35. The van der Waals surface area contributed by atoms with Crippen LogP contribution in [0.2, 0.25) is 0 Å². The quantitative estimate of drug-likeness (QED) is 0.629. The highest BCUT2D eigenvalue weighted by Crippen LogP contribution is 2.12. The lowest BCUT2D eigenvalue weighted by molar-refractivity contribution is -0.111. The van der Waals surface area contributed by atoms with Gasteiger partial charge in [-0.2, -0.15) is 0 Å². The van der Waals surface area contributed by atoms with Crippen molar-refractivity contribution in [2.24, 2.45) is 5.92 Å². The first kappa shape index (κ1) is 11.0. The zero-order chi connectivity index (χ0) is 10.2. The second-order valence-corrected chi connectivity index (χ2v) is 3.71. The van der Waals surface area contributed by atoms with E-state index in [0.717, 1.165) is 32.0 Å². The monoisotopic (exact) mass is 190 g/mol. The van der Waals surface area contributed by atoms with Gasteiger partial charge in [0, 0.05) is 5.92 Å². The van der Waals surface area contributed by atoms with Crippen molar-refractivity contribution in [3.8, 4) is 0 Å². The Kier molecular flexibility index (Phi) is 4.98. The van der Waals surface area contributed by atoms with Gasteiger partial charge in [-0.3, -0.25) is 0 Å². The first-order valence-electron chi connectivity index (χ1n) is 5.36. The normalized spacial score (nSPS) is 12.4. The summed E-state index contributed by atoms with van der Waals surface area (Å²) in [5.74, 6) is 0.250. The number of aldehydes is 1. The summed E-state index contributed by atoms with van der Waals surface area (Å²) in [6.07, 6.45) is 5.23. The maximum atomic E-state index is 10.7. The van der Waals surface area contributed by atoms with E-state index in [4.69, 9.17) is 0 Å². The van der Waals surface area contributed by atoms with Gasteiger partial charge < -0.3 is 4.79 Å². The van der Waals surface area contributed by atoms with Gasteiger partial charge in [-0.05, 0) is 24.8 Å². The molecule has 1 unspecified atom stereocenters. The summed E-state index contributed by atoms with van der Waals surface area (Å²) in [6.45, 7) is 2.12. The molecule has 0 amide bonds. The van der Waals surface area contributed by atoms with Crippen LogP contribution in [0.4, 0.5) is 0 Å². The first-order valence-corrected chi connectivity index (χ1v) is 5.36. The molecule has 0 N–H and O–H groups in total. The van der Waals surface area contributed by atoms with Crippen LogP contribution in [-0.4, -0.2) is 6.29 Å². The molecule has 0 fully saturated rings. The Morgan fingerprint density at radius 3 is 2.50 bits per heavy atom. The van der Waals surface area contributed by atoms with Crippen molar-refractivity contribution in [3.05, 3.63) is 35.9 Å². The summed E-state index contributed by atoms with van der Waals surface area (Å²) in [7, 11) is 0. The second-order valence-electron chi connectivity index (χ2n) is 3.71. The smallest absolute Gasteiger partial charge is 0.123 e. The summed E-state index contributed by atoms with van der Waals surface area (Å²) in [5.41, 5.74) is 1.33. The third-order valence-corrected chi connectivity index (χ3v) is 2.50. The zero-order valence-corrected chi connectivity index (χ0v) is 8.78. The summed E-state index contributed by atoms with van der Waals surface area (Å²) < 4.78 is 0. The maximum Gasteiger partial charge on any atom is 0.123 e. The Morgan fingerprint density at radius 2 is 1.93 bits per heavy atom. The van der Waals surface area contributed by atoms with E-state index >= 15 is 0 Å². The van der Waals surface area contributed by atoms with Gasteiger partial charge in [-0.15, -0.1) is 0 Å². The van der Waals surface area contributed by atoms with E-state index in [9.17, 15) is 4.79 Å². The largest absolute Gasteiger partial charge is 0.303 e. The van der Waals surface area contributed by atoms with Gasteiger partial charge >= 0.3 is 0 Å². The molecular weight excluding hydrogens is 172 g/mol. The molecule has 14 heavy (non-hydrogen) atoms. The van der Waals surface area contributed by atoms with Crippen LogP contribution in [0.1, 0.15) is 31.7 Å². The van der Waals surface area contributed by atoms with E-state index in [1.54, 1.807) is 0 Å². The van der Waals surface area contributed by atoms with Crippen LogP contribution in [0.3, 0.4) is 0 Å². The van der Waals surface area contributed by atoms with Gasteiger partial charge in [0.2, 0.25) is 0 Å².